The third-order valence-corrected chi connectivity index (χ3v) is 8.03. The average Bonchev–Trinajstić information content (AvgIpc) is 3.24. The maximum atomic E-state index is 12.4. The van der Waals surface area contributed by atoms with Crippen LogP contribution in [0.4, 0.5) is 5.82 Å². The highest BCUT2D eigenvalue weighted by atomic mass is 35.5. The van der Waals surface area contributed by atoms with Crippen LogP contribution in [0.15, 0.2) is 28.0 Å². The summed E-state index contributed by atoms with van der Waals surface area (Å²) in [4.78, 5) is 25.3. The molecular formula is C17H21Cl2N5O3S2. The van der Waals surface area contributed by atoms with E-state index in [1.165, 1.54) is 16.7 Å². The second-order valence-corrected chi connectivity index (χ2v) is 9.67. The van der Waals surface area contributed by atoms with Crippen LogP contribution in [0.1, 0.15) is 23.2 Å². The molecule has 4 heterocycles. The van der Waals surface area contributed by atoms with E-state index in [0.717, 1.165) is 43.4 Å². The standard InChI is InChI=1S/C17H20ClN5O3S2.ClH/c18-15-16(20-4-3-19-15)22-9-7-21(8-10-22)5-1-2-6-23-17(24)13-11-27-12-14(13)28(23,25)26;/h3-4,11-12H,1-2,5-10H2;1H. The van der Waals surface area contributed by atoms with Crippen LogP contribution in [0.2, 0.25) is 5.15 Å². The molecule has 2 aliphatic rings. The fourth-order valence-electron chi connectivity index (χ4n) is 3.52. The first-order valence-corrected chi connectivity index (χ1v) is 11.8. The number of anilines is 1. The number of nitrogens with zero attached hydrogens (tertiary/aromatic N) is 5. The molecule has 1 fully saturated rings. The summed E-state index contributed by atoms with van der Waals surface area (Å²) in [6, 6.07) is 0. The van der Waals surface area contributed by atoms with Crippen molar-refractivity contribution in [1.82, 2.24) is 19.2 Å². The Morgan fingerprint density at radius 2 is 1.72 bits per heavy atom. The lowest BCUT2D eigenvalue weighted by Gasteiger charge is -2.35. The molecule has 0 aliphatic carbocycles. The Bertz CT molecular complexity index is 977. The minimum atomic E-state index is -3.65. The van der Waals surface area contributed by atoms with E-state index in [9.17, 15) is 13.2 Å². The number of rotatable bonds is 6. The molecule has 0 atom stereocenters. The molecule has 0 bridgehead atoms. The van der Waals surface area contributed by atoms with Gasteiger partial charge in [0.05, 0.1) is 5.56 Å². The number of thiophene rings is 1. The average molecular weight is 478 g/mol. The Balaban J connectivity index is 0.00000240. The number of unbranched alkanes of at least 4 members (excludes halogenated alkanes) is 1. The van der Waals surface area contributed by atoms with Gasteiger partial charge in [-0.1, -0.05) is 11.6 Å². The smallest absolute Gasteiger partial charge is 0.269 e. The second-order valence-electron chi connectivity index (χ2n) is 6.74. The molecule has 4 rings (SSSR count). The fourth-order valence-corrected chi connectivity index (χ4v) is 6.51. The van der Waals surface area contributed by atoms with E-state index >= 15 is 0 Å². The molecule has 29 heavy (non-hydrogen) atoms. The summed E-state index contributed by atoms with van der Waals surface area (Å²) in [5, 5.41) is 3.56. The van der Waals surface area contributed by atoms with Gasteiger partial charge in [0.15, 0.2) is 11.0 Å². The zero-order chi connectivity index (χ0) is 19.7. The second kappa shape index (κ2) is 9.13. The number of hydrogen-bond acceptors (Lipinski definition) is 8. The summed E-state index contributed by atoms with van der Waals surface area (Å²) < 4.78 is 25.9. The number of amides is 1. The van der Waals surface area contributed by atoms with Crippen LogP contribution < -0.4 is 4.90 Å². The highest BCUT2D eigenvalue weighted by molar-refractivity contribution is 7.90. The fraction of sp³-hybridized carbons (Fsp3) is 0.471. The number of sulfonamides is 1. The van der Waals surface area contributed by atoms with Gasteiger partial charge in [-0.15, -0.1) is 12.4 Å². The number of halogens is 2. The number of fused-ring (bicyclic) bond motifs is 1. The highest BCUT2D eigenvalue weighted by Crippen LogP contribution is 2.33. The molecular weight excluding hydrogens is 457 g/mol. The van der Waals surface area contributed by atoms with E-state index in [4.69, 9.17) is 11.6 Å². The summed E-state index contributed by atoms with van der Waals surface area (Å²) in [6.07, 6.45) is 4.69. The van der Waals surface area contributed by atoms with Crippen LogP contribution in [0.5, 0.6) is 0 Å². The maximum Gasteiger partial charge on any atom is 0.269 e. The molecule has 0 radical (unpaired) electrons. The Morgan fingerprint density at radius 3 is 2.41 bits per heavy atom. The molecule has 2 aromatic rings. The number of aromatic nitrogens is 2. The Kier molecular flexibility index (Phi) is 7.00. The summed E-state index contributed by atoms with van der Waals surface area (Å²) in [5.41, 5.74) is 0.309. The van der Waals surface area contributed by atoms with Gasteiger partial charge in [-0.3, -0.25) is 9.69 Å². The van der Waals surface area contributed by atoms with Gasteiger partial charge in [-0.2, -0.15) is 11.3 Å². The quantitative estimate of drug-likeness (QED) is 0.590. The number of hydrogen-bond donors (Lipinski definition) is 0. The first-order chi connectivity index (χ1) is 13.5. The van der Waals surface area contributed by atoms with Gasteiger partial charge in [0.25, 0.3) is 15.9 Å². The molecule has 2 aliphatic heterocycles. The monoisotopic (exact) mass is 477 g/mol. The lowest BCUT2D eigenvalue weighted by Crippen LogP contribution is -2.47. The Hall–Kier alpha value is -1.46. The third kappa shape index (κ3) is 4.36. The largest absolute Gasteiger partial charge is 0.351 e. The van der Waals surface area contributed by atoms with Gasteiger partial charge in [-0.25, -0.2) is 22.7 Å². The molecule has 8 nitrogen and oxygen atoms in total. The molecule has 0 saturated carbocycles. The highest BCUT2D eigenvalue weighted by Gasteiger charge is 2.41. The molecule has 0 unspecified atom stereocenters. The van der Waals surface area contributed by atoms with Gasteiger partial charge in [0.2, 0.25) is 0 Å². The van der Waals surface area contributed by atoms with E-state index in [1.807, 2.05) is 0 Å². The van der Waals surface area contributed by atoms with Crippen molar-refractivity contribution in [1.29, 1.82) is 0 Å². The van der Waals surface area contributed by atoms with Crippen molar-refractivity contribution in [2.75, 3.05) is 44.2 Å². The molecule has 158 valence electrons. The topological polar surface area (TPSA) is 86.7 Å². The van der Waals surface area contributed by atoms with Crippen molar-refractivity contribution in [3.63, 3.8) is 0 Å². The Labute approximate surface area is 184 Å². The van der Waals surface area contributed by atoms with Crippen molar-refractivity contribution in [3.8, 4) is 0 Å². The van der Waals surface area contributed by atoms with Crippen molar-refractivity contribution in [2.45, 2.75) is 17.7 Å². The zero-order valence-corrected chi connectivity index (χ0v) is 18.7. The van der Waals surface area contributed by atoms with Gasteiger partial charge < -0.3 is 4.90 Å². The molecule has 1 saturated heterocycles. The number of piperazine rings is 1. The Morgan fingerprint density at radius 1 is 1.03 bits per heavy atom. The summed E-state index contributed by atoms with van der Waals surface area (Å²) in [6.45, 7) is 4.49. The molecule has 1 amide bonds. The van der Waals surface area contributed by atoms with E-state index in [2.05, 4.69) is 19.8 Å². The molecule has 0 spiro atoms. The number of carbonyl (C=O) groups excluding carboxylic acids is 1. The minimum absolute atomic E-state index is 0. The van der Waals surface area contributed by atoms with Gasteiger partial charge in [0, 0.05) is 55.9 Å². The first kappa shape index (κ1) is 22.2. The number of carbonyl (C=O) groups is 1. The van der Waals surface area contributed by atoms with Crippen LogP contribution in [0.3, 0.4) is 0 Å². The van der Waals surface area contributed by atoms with Crippen molar-refractivity contribution in [3.05, 3.63) is 33.9 Å². The van der Waals surface area contributed by atoms with Crippen molar-refractivity contribution in [2.24, 2.45) is 0 Å². The van der Waals surface area contributed by atoms with E-state index in [-0.39, 0.29) is 23.8 Å². The van der Waals surface area contributed by atoms with Gasteiger partial charge in [0.1, 0.15) is 4.90 Å². The van der Waals surface area contributed by atoms with E-state index in [0.29, 0.717) is 23.0 Å². The zero-order valence-electron chi connectivity index (χ0n) is 15.5. The van der Waals surface area contributed by atoms with Crippen LogP contribution in [-0.2, 0) is 10.0 Å². The third-order valence-electron chi connectivity index (χ3n) is 5.04. The molecule has 12 heteroatoms. The first-order valence-electron chi connectivity index (χ1n) is 9.05. The molecule has 0 aromatic carbocycles. The summed E-state index contributed by atoms with van der Waals surface area (Å²) in [5.74, 6) is 0.319. The van der Waals surface area contributed by atoms with Crippen LogP contribution in [0, 0.1) is 0 Å². The summed E-state index contributed by atoms with van der Waals surface area (Å²) >= 11 is 7.35. The SMILES string of the molecule is Cl.O=C1c2cscc2S(=O)(=O)N1CCCCN1CCN(c2nccnc2Cl)CC1. The van der Waals surface area contributed by atoms with Crippen molar-refractivity contribution < 1.29 is 13.2 Å². The van der Waals surface area contributed by atoms with Gasteiger partial charge in [-0.05, 0) is 19.4 Å². The maximum absolute atomic E-state index is 12.4. The predicted octanol–water partition coefficient (Wildman–Crippen LogP) is 2.36. The summed E-state index contributed by atoms with van der Waals surface area (Å²) in [7, 11) is -3.65. The van der Waals surface area contributed by atoms with Crippen LogP contribution in [-0.4, -0.2) is 72.8 Å². The van der Waals surface area contributed by atoms with E-state index in [1.54, 1.807) is 17.8 Å². The van der Waals surface area contributed by atoms with Crippen LogP contribution in [0.25, 0.3) is 0 Å². The molecule has 2 aromatic heterocycles. The van der Waals surface area contributed by atoms with Gasteiger partial charge >= 0.3 is 0 Å². The van der Waals surface area contributed by atoms with Crippen molar-refractivity contribution >= 4 is 57.1 Å². The molecule has 0 N–H and O–H groups in total. The van der Waals surface area contributed by atoms with E-state index < -0.39 is 15.9 Å². The lowest BCUT2D eigenvalue weighted by atomic mass is 10.2. The predicted molar refractivity (Wildman–Crippen MR) is 115 cm³/mol. The normalized spacial score (nSPS) is 18.6. The minimum Gasteiger partial charge on any atom is -0.351 e. The van der Waals surface area contributed by atoms with Crippen LogP contribution >= 0.6 is 35.3 Å². The lowest BCUT2D eigenvalue weighted by molar-refractivity contribution is 0.0869.